The van der Waals surface area contributed by atoms with E-state index in [0.29, 0.717) is 11.9 Å². The topological polar surface area (TPSA) is 29.1 Å². The molecule has 16 heavy (non-hydrogen) atoms. The molecule has 5 rings (SSSR count). The van der Waals surface area contributed by atoms with Crippen LogP contribution in [0.1, 0.15) is 32.1 Å². The molecule has 8 unspecified atom stereocenters. The van der Waals surface area contributed by atoms with Gasteiger partial charge < -0.3 is 5.32 Å². The Balaban J connectivity index is 1.57. The Labute approximate surface area is 96.2 Å². The molecule has 4 saturated carbocycles. The van der Waals surface area contributed by atoms with Crippen molar-refractivity contribution in [2.75, 3.05) is 0 Å². The average Bonchev–Trinajstić information content (AvgIpc) is 2.98. The van der Waals surface area contributed by atoms with Crippen molar-refractivity contribution in [3.63, 3.8) is 0 Å². The zero-order valence-electron chi connectivity index (χ0n) is 9.56. The fraction of sp³-hybridized carbons (Fsp3) is 0.929. The predicted molar refractivity (Wildman–Crippen MR) is 59.4 cm³/mol. The Kier molecular flexibility index (Phi) is 1.33. The zero-order valence-corrected chi connectivity index (χ0v) is 9.56. The number of fused-ring (bicyclic) bond motifs is 12. The minimum atomic E-state index is 0.344. The number of hydrogen-bond acceptors (Lipinski definition) is 1. The highest BCUT2D eigenvalue weighted by atomic mass is 16.2. The summed E-state index contributed by atoms with van der Waals surface area (Å²) < 4.78 is 0. The Morgan fingerprint density at radius 1 is 0.938 bits per heavy atom. The Morgan fingerprint density at radius 2 is 1.69 bits per heavy atom. The number of carbonyl (C=O) groups is 1. The number of rotatable bonds is 0. The van der Waals surface area contributed by atoms with Gasteiger partial charge in [-0.25, -0.2) is 0 Å². The van der Waals surface area contributed by atoms with Crippen molar-refractivity contribution in [2.45, 2.75) is 38.1 Å². The summed E-state index contributed by atoms with van der Waals surface area (Å²) in [5.41, 5.74) is 0. The highest BCUT2D eigenvalue weighted by Gasteiger charge is 2.67. The van der Waals surface area contributed by atoms with Gasteiger partial charge in [0.2, 0.25) is 5.91 Å². The van der Waals surface area contributed by atoms with Crippen molar-refractivity contribution < 1.29 is 4.79 Å². The van der Waals surface area contributed by atoms with Gasteiger partial charge in [-0.15, -0.1) is 0 Å². The summed E-state index contributed by atoms with van der Waals surface area (Å²) in [7, 11) is 0. The average molecular weight is 217 g/mol. The first-order chi connectivity index (χ1) is 7.83. The van der Waals surface area contributed by atoms with Crippen molar-refractivity contribution in [2.24, 2.45) is 41.4 Å². The van der Waals surface area contributed by atoms with Gasteiger partial charge in [0.25, 0.3) is 0 Å². The monoisotopic (exact) mass is 217 g/mol. The second kappa shape index (κ2) is 2.49. The maximum absolute atomic E-state index is 11.6. The van der Waals surface area contributed by atoms with Gasteiger partial charge in [-0.2, -0.15) is 0 Å². The van der Waals surface area contributed by atoms with Crippen LogP contribution in [-0.2, 0) is 4.79 Å². The molecule has 2 nitrogen and oxygen atoms in total. The fourth-order valence-corrected chi connectivity index (χ4v) is 6.66. The molecule has 1 amide bonds. The Bertz CT molecular complexity index is 347. The van der Waals surface area contributed by atoms with Crippen LogP contribution in [-0.4, -0.2) is 11.9 Å². The lowest BCUT2D eigenvalue weighted by Gasteiger charge is -2.40. The van der Waals surface area contributed by atoms with Gasteiger partial charge in [0.05, 0.1) is 0 Å². The van der Waals surface area contributed by atoms with E-state index in [0.717, 1.165) is 47.8 Å². The van der Waals surface area contributed by atoms with Crippen LogP contribution in [0.25, 0.3) is 0 Å². The molecule has 1 N–H and O–H groups in total. The minimum absolute atomic E-state index is 0.344. The zero-order chi connectivity index (χ0) is 10.4. The Morgan fingerprint density at radius 3 is 2.50 bits per heavy atom. The molecular weight excluding hydrogens is 198 g/mol. The molecule has 0 aromatic heterocycles. The normalized spacial score (nSPS) is 64.9. The van der Waals surface area contributed by atoms with Crippen LogP contribution in [0.2, 0.25) is 0 Å². The molecule has 5 fully saturated rings. The van der Waals surface area contributed by atoms with Crippen LogP contribution in [0.3, 0.4) is 0 Å². The van der Waals surface area contributed by atoms with E-state index >= 15 is 0 Å². The molecule has 4 aliphatic carbocycles. The van der Waals surface area contributed by atoms with E-state index < -0.39 is 0 Å². The summed E-state index contributed by atoms with van der Waals surface area (Å²) in [6.07, 6.45) is 6.86. The highest BCUT2D eigenvalue weighted by molar-refractivity contribution is 5.79. The summed E-state index contributed by atoms with van der Waals surface area (Å²) in [5.74, 6) is 7.04. The van der Waals surface area contributed by atoms with E-state index in [1.807, 2.05) is 0 Å². The van der Waals surface area contributed by atoms with E-state index in [2.05, 4.69) is 5.32 Å². The lowest BCUT2D eigenvalue weighted by atomic mass is 9.66. The number of hydrogen-bond donors (Lipinski definition) is 1. The fourth-order valence-electron chi connectivity index (χ4n) is 6.66. The second-order valence-electron chi connectivity index (χ2n) is 7.01. The number of nitrogens with one attached hydrogen (secondary N) is 1. The smallest absolute Gasteiger partial charge is 0.220 e. The first kappa shape index (κ1) is 8.54. The third-order valence-electron chi connectivity index (χ3n) is 6.80. The summed E-state index contributed by atoms with van der Waals surface area (Å²) in [4.78, 5) is 11.6. The van der Waals surface area contributed by atoms with Crippen LogP contribution >= 0.6 is 0 Å². The molecule has 5 aliphatic rings. The predicted octanol–water partition coefficient (Wildman–Crippen LogP) is 1.80. The van der Waals surface area contributed by atoms with Crippen LogP contribution in [0, 0.1) is 41.4 Å². The van der Waals surface area contributed by atoms with Crippen molar-refractivity contribution in [3.05, 3.63) is 0 Å². The third-order valence-corrected chi connectivity index (χ3v) is 6.80. The molecule has 1 aliphatic heterocycles. The molecule has 2 heteroatoms. The summed E-state index contributed by atoms with van der Waals surface area (Å²) in [5, 5.41) is 3.28. The molecule has 86 valence electrons. The van der Waals surface area contributed by atoms with E-state index in [9.17, 15) is 4.79 Å². The first-order valence-electron chi connectivity index (χ1n) is 7.12. The van der Waals surface area contributed by atoms with Crippen molar-refractivity contribution in [1.29, 1.82) is 0 Å². The van der Waals surface area contributed by atoms with Crippen LogP contribution in [0.15, 0.2) is 0 Å². The summed E-state index contributed by atoms with van der Waals surface area (Å²) in [6.45, 7) is 0. The maximum atomic E-state index is 11.6. The van der Waals surface area contributed by atoms with E-state index in [-0.39, 0.29) is 0 Å². The van der Waals surface area contributed by atoms with Gasteiger partial charge in [0.15, 0.2) is 0 Å². The first-order valence-corrected chi connectivity index (χ1v) is 7.12. The molecule has 0 spiro atoms. The molecular formula is C14H19NO. The maximum Gasteiger partial charge on any atom is 0.220 e. The van der Waals surface area contributed by atoms with Gasteiger partial charge in [-0.3, -0.25) is 4.79 Å². The molecule has 1 saturated heterocycles. The van der Waals surface area contributed by atoms with Crippen LogP contribution < -0.4 is 5.32 Å². The van der Waals surface area contributed by atoms with Crippen LogP contribution in [0.4, 0.5) is 0 Å². The van der Waals surface area contributed by atoms with Gasteiger partial charge in [-0.1, -0.05) is 0 Å². The van der Waals surface area contributed by atoms with Crippen molar-refractivity contribution >= 4 is 5.91 Å². The summed E-state index contributed by atoms with van der Waals surface area (Å²) in [6, 6.07) is 0.595. The molecule has 4 bridgehead atoms. The number of carbonyl (C=O) groups excluding carboxylic acids is 1. The van der Waals surface area contributed by atoms with Gasteiger partial charge in [0, 0.05) is 12.5 Å². The highest BCUT2D eigenvalue weighted by Crippen LogP contribution is 2.69. The van der Waals surface area contributed by atoms with Gasteiger partial charge in [-0.05, 0) is 67.1 Å². The second-order valence-corrected chi connectivity index (χ2v) is 7.01. The van der Waals surface area contributed by atoms with Gasteiger partial charge >= 0.3 is 0 Å². The minimum Gasteiger partial charge on any atom is -0.353 e. The molecule has 0 aromatic carbocycles. The van der Waals surface area contributed by atoms with E-state index in [4.69, 9.17) is 0 Å². The third kappa shape index (κ3) is 0.761. The van der Waals surface area contributed by atoms with E-state index in [1.54, 1.807) is 0 Å². The number of amides is 1. The van der Waals surface area contributed by atoms with E-state index in [1.165, 1.54) is 25.7 Å². The van der Waals surface area contributed by atoms with Gasteiger partial charge in [0.1, 0.15) is 0 Å². The SMILES string of the molecule is O=C1CC2C3CC(C2N1)C1C2CCC(C2)C31. The van der Waals surface area contributed by atoms with Crippen molar-refractivity contribution in [1.82, 2.24) is 5.32 Å². The largest absolute Gasteiger partial charge is 0.353 e. The lowest BCUT2D eigenvalue weighted by molar-refractivity contribution is -0.119. The standard InChI is InChI=1S/C14H19NO/c16-11-5-9-8-4-10(14(9)15-11)13-7-2-1-6(3-7)12(8)13/h6-10,12-14H,1-5H2,(H,15,16). The quantitative estimate of drug-likeness (QED) is 0.616. The van der Waals surface area contributed by atoms with Crippen LogP contribution in [0.5, 0.6) is 0 Å². The summed E-state index contributed by atoms with van der Waals surface area (Å²) >= 11 is 0. The molecule has 8 atom stereocenters. The lowest BCUT2D eigenvalue weighted by Crippen LogP contribution is -2.43. The van der Waals surface area contributed by atoms with Crippen molar-refractivity contribution in [3.8, 4) is 0 Å². The Hall–Kier alpha value is -0.530. The molecule has 1 heterocycles. The molecule has 0 aromatic rings. The molecule has 0 radical (unpaired) electrons.